The van der Waals surface area contributed by atoms with Crippen LogP contribution >= 0.6 is 0 Å². The Morgan fingerprint density at radius 1 is 1.50 bits per heavy atom. The van der Waals surface area contributed by atoms with E-state index in [1.54, 1.807) is 7.11 Å². The fraction of sp³-hybridized carbons (Fsp3) is 0.526. The van der Waals surface area contributed by atoms with Crippen molar-refractivity contribution in [1.82, 2.24) is 0 Å². The van der Waals surface area contributed by atoms with E-state index in [-0.39, 0.29) is 5.41 Å². The summed E-state index contributed by atoms with van der Waals surface area (Å²) in [6, 6.07) is 0. The van der Waals surface area contributed by atoms with Crippen molar-refractivity contribution >= 4 is 5.71 Å². The standard InChI is InChI=1S/C19H30N2O/c1-5-7-9-17(20)16(8-6-2)18(21)15-10-12-19(3,13-11-15)14-22-4/h5,7-10,21H,6,11-14,20H2,1-4H3/b7-5-,16-8-,17-9+,21-18?. The first-order chi connectivity index (χ1) is 10.5. The second kappa shape index (κ2) is 8.74. The molecule has 0 saturated heterocycles. The summed E-state index contributed by atoms with van der Waals surface area (Å²) >= 11 is 0. The lowest BCUT2D eigenvalue weighted by atomic mass is 9.75. The van der Waals surface area contributed by atoms with Crippen LogP contribution in [0, 0.1) is 10.8 Å². The molecule has 0 radical (unpaired) electrons. The number of ether oxygens (including phenoxy) is 1. The molecule has 0 amide bonds. The van der Waals surface area contributed by atoms with Crippen molar-refractivity contribution in [3.05, 3.63) is 47.2 Å². The third-order valence-electron chi connectivity index (χ3n) is 4.11. The quantitative estimate of drug-likeness (QED) is 0.536. The Balaban J connectivity index is 2.94. The van der Waals surface area contributed by atoms with Crippen molar-refractivity contribution in [2.24, 2.45) is 11.1 Å². The Morgan fingerprint density at radius 2 is 2.23 bits per heavy atom. The third kappa shape index (κ3) is 4.99. The monoisotopic (exact) mass is 302 g/mol. The normalized spacial score (nSPS) is 23.7. The third-order valence-corrected chi connectivity index (χ3v) is 4.11. The Hall–Kier alpha value is -1.61. The van der Waals surface area contributed by atoms with Crippen molar-refractivity contribution in [2.75, 3.05) is 13.7 Å². The first kappa shape index (κ1) is 18.4. The maximum Gasteiger partial charge on any atom is 0.0658 e. The predicted molar refractivity (Wildman–Crippen MR) is 95.1 cm³/mol. The highest BCUT2D eigenvalue weighted by atomic mass is 16.5. The van der Waals surface area contributed by atoms with Gasteiger partial charge in [0.25, 0.3) is 0 Å². The minimum atomic E-state index is 0.194. The predicted octanol–water partition coefficient (Wildman–Crippen LogP) is 4.52. The first-order valence-corrected chi connectivity index (χ1v) is 8.03. The molecule has 0 spiro atoms. The van der Waals surface area contributed by atoms with Crippen LogP contribution < -0.4 is 5.73 Å². The van der Waals surface area contributed by atoms with Gasteiger partial charge in [-0.1, -0.05) is 38.2 Å². The second-order valence-corrected chi connectivity index (χ2v) is 6.23. The highest BCUT2D eigenvalue weighted by Crippen LogP contribution is 2.36. The van der Waals surface area contributed by atoms with E-state index in [0.29, 0.717) is 11.4 Å². The molecule has 1 aliphatic rings. The summed E-state index contributed by atoms with van der Waals surface area (Å²) in [7, 11) is 1.75. The SMILES string of the molecule is C\C=C/C=C(N)\C(=C\CC)C(=N)C1=CCC(C)(COC)CC1. The molecular weight excluding hydrogens is 272 g/mol. The highest BCUT2D eigenvalue weighted by Gasteiger charge is 2.28. The van der Waals surface area contributed by atoms with E-state index < -0.39 is 0 Å². The zero-order chi connectivity index (χ0) is 16.6. The summed E-state index contributed by atoms with van der Waals surface area (Å²) in [4.78, 5) is 0. The summed E-state index contributed by atoms with van der Waals surface area (Å²) in [5, 5.41) is 8.53. The van der Waals surface area contributed by atoms with E-state index in [0.717, 1.165) is 43.4 Å². The molecule has 1 rings (SSSR count). The molecule has 0 aliphatic heterocycles. The molecule has 1 aliphatic carbocycles. The van der Waals surface area contributed by atoms with Crippen LogP contribution in [-0.4, -0.2) is 19.4 Å². The van der Waals surface area contributed by atoms with Gasteiger partial charge in [0.05, 0.1) is 12.3 Å². The van der Waals surface area contributed by atoms with Gasteiger partial charge < -0.3 is 10.5 Å². The van der Waals surface area contributed by atoms with Crippen LogP contribution in [0.4, 0.5) is 0 Å². The fourth-order valence-corrected chi connectivity index (χ4v) is 2.75. The van der Waals surface area contributed by atoms with E-state index in [2.05, 4.69) is 19.9 Å². The molecule has 0 aromatic heterocycles. The van der Waals surface area contributed by atoms with Gasteiger partial charge >= 0.3 is 0 Å². The molecular formula is C19H30N2O. The van der Waals surface area contributed by atoms with Crippen molar-refractivity contribution < 1.29 is 4.74 Å². The van der Waals surface area contributed by atoms with Crippen LogP contribution in [0.25, 0.3) is 0 Å². The van der Waals surface area contributed by atoms with Crippen LogP contribution in [0.2, 0.25) is 0 Å². The van der Waals surface area contributed by atoms with Crippen LogP contribution in [0.15, 0.2) is 47.2 Å². The molecule has 0 aromatic rings. The van der Waals surface area contributed by atoms with E-state index >= 15 is 0 Å². The smallest absolute Gasteiger partial charge is 0.0658 e. The van der Waals surface area contributed by atoms with E-state index in [4.69, 9.17) is 15.9 Å². The largest absolute Gasteiger partial charge is 0.398 e. The van der Waals surface area contributed by atoms with Crippen LogP contribution in [0.5, 0.6) is 0 Å². The summed E-state index contributed by atoms with van der Waals surface area (Å²) in [5.41, 5.74) is 9.53. The topological polar surface area (TPSA) is 59.1 Å². The van der Waals surface area contributed by atoms with Crippen molar-refractivity contribution in [3.8, 4) is 0 Å². The Kier molecular flexibility index (Phi) is 7.33. The van der Waals surface area contributed by atoms with Gasteiger partial charge in [-0.3, -0.25) is 5.41 Å². The molecule has 0 fully saturated rings. The molecule has 22 heavy (non-hydrogen) atoms. The van der Waals surface area contributed by atoms with E-state index in [1.807, 2.05) is 31.2 Å². The summed E-state index contributed by atoms with van der Waals surface area (Å²) < 4.78 is 5.32. The van der Waals surface area contributed by atoms with Crippen LogP contribution in [-0.2, 0) is 4.74 Å². The number of nitrogens with two attached hydrogens (primary N) is 1. The van der Waals surface area contributed by atoms with Gasteiger partial charge in [-0.2, -0.15) is 0 Å². The Bertz CT molecular complexity index is 512. The van der Waals surface area contributed by atoms with E-state index in [9.17, 15) is 0 Å². The maximum atomic E-state index is 8.53. The molecule has 122 valence electrons. The lowest BCUT2D eigenvalue weighted by Gasteiger charge is -2.32. The molecule has 3 N–H and O–H groups in total. The first-order valence-electron chi connectivity index (χ1n) is 8.03. The van der Waals surface area contributed by atoms with Gasteiger partial charge in [-0.15, -0.1) is 0 Å². The number of hydrogen-bond acceptors (Lipinski definition) is 3. The van der Waals surface area contributed by atoms with Gasteiger partial charge in [0.15, 0.2) is 0 Å². The molecule has 0 bridgehead atoms. The van der Waals surface area contributed by atoms with Crippen LogP contribution in [0.3, 0.4) is 0 Å². The van der Waals surface area contributed by atoms with Gasteiger partial charge in [0.2, 0.25) is 0 Å². The minimum absolute atomic E-state index is 0.194. The van der Waals surface area contributed by atoms with Crippen molar-refractivity contribution in [3.63, 3.8) is 0 Å². The number of allylic oxidation sites excluding steroid dienone is 7. The summed E-state index contributed by atoms with van der Waals surface area (Å²) in [5.74, 6) is 0. The molecule has 0 heterocycles. The lowest BCUT2D eigenvalue weighted by molar-refractivity contribution is 0.0845. The Morgan fingerprint density at radius 3 is 2.73 bits per heavy atom. The minimum Gasteiger partial charge on any atom is -0.398 e. The molecule has 3 heteroatoms. The van der Waals surface area contributed by atoms with Crippen molar-refractivity contribution in [1.29, 1.82) is 5.41 Å². The zero-order valence-corrected chi connectivity index (χ0v) is 14.4. The number of methoxy groups -OCH3 is 1. The average molecular weight is 302 g/mol. The molecule has 0 aromatic carbocycles. The molecule has 1 atom stereocenters. The summed E-state index contributed by atoms with van der Waals surface area (Å²) in [6.07, 6.45) is 13.7. The van der Waals surface area contributed by atoms with Gasteiger partial charge in [-0.25, -0.2) is 0 Å². The van der Waals surface area contributed by atoms with Crippen LogP contribution in [0.1, 0.15) is 46.5 Å². The van der Waals surface area contributed by atoms with Gasteiger partial charge in [0, 0.05) is 18.4 Å². The molecule has 1 unspecified atom stereocenters. The summed E-state index contributed by atoms with van der Waals surface area (Å²) in [6.45, 7) is 7.04. The van der Waals surface area contributed by atoms with Gasteiger partial charge in [-0.05, 0) is 49.7 Å². The number of hydrogen-bond donors (Lipinski definition) is 2. The maximum absolute atomic E-state index is 8.53. The molecule has 0 saturated carbocycles. The van der Waals surface area contributed by atoms with Gasteiger partial charge in [0.1, 0.15) is 0 Å². The number of nitrogens with one attached hydrogen (secondary N) is 1. The average Bonchev–Trinajstić information content (AvgIpc) is 2.50. The van der Waals surface area contributed by atoms with Crippen molar-refractivity contribution in [2.45, 2.75) is 46.5 Å². The fourth-order valence-electron chi connectivity index (χ4n) is 2.75. The number of rotatable bonds is 7. The Labute approximate surface area is 135 Å². The second-order valence-electron chi connectivity index (χ2n) is 6.23. The zero-order valence-electron chi connectivity index (χ0n) is 14.4. The molecule has 3 nitrogen and oxygen atoms in total. The lowest BCUT2D eigenvalue weighted by Crippen LogP contribution is -2.26. The highest BCUT2D eigenvalue weighted by molar-refractivity contribution is 6.13. The van der Waals surface area contributed by atoms with E-state index in [1.165, 1.54) is 0 Å².